The molecule has 0 aliphatic rings. The van der Waals surface area contributed by atoms with E-state index in [9.17, 15) is 14.7 Å². The summed E-state index contributed by atoms with van der Waals surface area (Å²) in [6.07, 6.45) is 0.432. The molecular weight excluding hydrogens is 460 g/mol. The Morgan fingerprint density at radius 1 is 1.28 bits per heavy atom. The van der Waals surface area contributed by atoms with Crippen LogP contribution in [0.4, 0.5) is 0 Å². The normalized spacial score (nSPS) is 12.0. The number of benzene rings is 1. The standard InChI is InChI=1S/C12H13I2NO3/c1-6(16)11(15-7(2)17)5-8-3-9(13)12(18)10(14)4-8/h3-4,11,18H,5H2,1-2H3,(H,15,17). The minimum atomic E-state index is -0.515. The number of carbonyl (C=O) groups is 2. The fourth-order valence-electron chi connectivity index (χ4n) is 1.51. The topological polar surface area (TPSA) is 66.4 Å². The highest BCUT2D eigenvalue weighted by Gasteiger charge is 2.17. The smallest absolute Gasteiger partial charge is 0.217 e. The fourth-order valence-corrected chi connectivity index (χ4v) is 3.41. The van der Waals surface area contributed by atoms with Crippen LogP contribution in [0.5, 0.6) is 5.75 Å². The Morgan fingerprint density at radius 3 is 2.17 bits per heavy atom. The van der Waals surface area contributed by atoms with Gasteiger partial charge in [-0.25, -0.2) is 0 Å². The number of carbonyl (C=O) groups excluding carboxylic acids is 2. The zero-order valence-electron chi connectivity index (χ0n) is 9.96. The number of nitrogens with one attached hydrogen (secondary N) is 1. The van der Waals surface area contributed by atoms with Crippen molar-refractivity contribution in [3.63, 3.8) is 0 Å². The van der Waals surface area contributed by atoms with E-state index in [2.05, 4.69) is 5.32 Å². The SMILES string of the molecule is CC(=O)NC(Cc1cc(I)c(O)c(I)c1)C(C)=O. The number of ketones is 1. The molecule has 18 heavy (non-hydrogen) atoms. The highest BCUT2D eigenvalue weighted by Crippen LogP contribution is 2.27. The summed E-state index contributed by atoms with van der Waals surface area (Å²) >= 11 is 4.08. The molecule has 1 unspecified atom stereocenters. The van der Waals surface area contributed by atoms with E-state index in [1.165, 1.54) is 13.8 Å². The van der Waals surface area contributed by atoms with E-state index in [0.717, 1.165) is 12.7 Å². The van der Waals surface area contributed by atoms with Gasteiger partial charge in [0.1, 0.15) is 5.75 Å². The molecule has 98 valence electrons. The molecule has 1 atom stereocenters. The van der Waals surface area contributed by atoms with Crippen LogP contribution in [0, 0.1) is 7.14 Å². The number of halogens is 2. The van der Waals surface area contributed by atoms with Gasteiger partial charge in [0.25, 0.3) is 0 Å². The van der Waals surface area contributed by atoms with Crippen LogP contribution in [-0.2, 0) is 16.0 Å². The van der Waals surface area contributed by atoms with E-state index in [0.29, 0.717) is 6.42 Å². The largest absolute Gasteiger partial charge is 0.506 e. The van der Waals surface area contributed by atoms with Crippen LogP contribution < -0.4 is 5.32 Å². The van der Waals surface area contributed by atoms with E-state index in [4.69, 9.17) is 0 Å². The maximum absolute atomic E-state index is 11.5. The third-order valence-corrected chi connectivity index (χ3v) is 4.03. The Balaban J connectivity index is 2.94. The molecule has 2 N–H and O–H groups in total. The van der Waals surface area contributed by atoms with E-state index >= 15 is 0 Å². The summed E-state index contributed by atoms with van der Waals surface area (Å²) in [4.78, 5) is 22.5. The number of rotatable bonds is 4. The molecular formula is C12H13I2NO3. The number of phenolic OH excluding ortho intramolecular Hbond substituents is 1. The predicted octanol–water partition coefficient (Wildman–Crippen LogP) is 2.24. The van der Waals surface area contributed by atoms with Crippen molar-refractivity contribution in [1.82, 2.24) is 5.32 Å². The van der Waals surface area contributed by atoms with Gasteiger partial charge in [0.15, 0.2) is 5.78 Å². The lowest BCUT2D eigenvalue weighted by atomic mass is 10.0. The van der Waals surface area contributed by atoms with Gasteiger partial charge in [0.05, 0.1) is 13.2 Å². The highest BCUT2D eigenvalue weighted by atomic mass is 127. The Labute approximate surface area is 133 Å². The van der Waals surface area contributed by atoms with Gasteiger partial charge in [-0.1, -0.05) is 0 Å². The third kappa shape index (κ3) is 4.38. The van der Waals surface area contributed by atoms with Crippen molar-refractivity contribution in [3.8, 4) is 5.75 Å². The second-order valence-electron chi connectivity index (χ2n) is 3.98. The van der Waals surface area contributed by atoms with Crippen LogP contribution in [0.1, 0.15) is 19.4 Å². The average Bonchev–Trinajstić information content (AvgIpc) is 2.24. The Hall–Kier alpha value is -0.380. The van der Waals surface area contributed by atoms with E-state index in [-0.39, 0.29) is 17.4 Å². The van der Waals surface area contributed by atoms with Crippen LogP contribution in [0.3, 0.4) is 0 Å². The molecule has 0 spiro atoms. The molecule has 0 aliphatic carbocycles. The van der Waals surface area contributed by atoms with Gasteiger partial charge in [-0.15, -0.1) is 0 Å². The van der Waals surface area contributed by atoms with Crippen molar-refractivity contribution in [1.29, 1.82) is 0 Å². The van der Waals surface area contributed by atoms with Gasteiger partial charge in [-0.05, 0) is 76.2 Å². The van der Waals surface area contributed by atoms with Crippen molar-refractivity contribution in [2.45, 2.75) is 26.3 Å². The van der Waals surface area contributed by atoms with Gasteiger partial charge in [0, 0.05) is 6.92 Å². The first-order valence-corrected chi connectivity index (χ1v) is 7.41. The maximum Gasteiger partial charge on any atom is 0.217 e. The first kappa shape index (κ1) is 15.7. The monoisotopic (exact) mass is 473 g/mol. The van der Waals surface area contributed by atoms with Crippen molar-refractivity contribution in [2.75, 3.05) is 0 Å². The number of aromatic hydroxyl groups is 1. The fraction of sp³-hybridized carbons (Fsp3) is 0.333. The van der Waals surface area contributed by atoms with Gasteiger partial charge >= 0.3 is 0 Å². The second-order valence-corrected chi connectivity index (χ2v) is 6.30. The zero-order chi connectivity index (χ0) is 13.9. The molecule has 1 aromatic carbocycles. The summed E-state index contributed by atoms with van der Waals surface area (Å²) in [5, 5.41) is 12.3. The second kappa shape index (κ2) is 6.69. The Bertz CT molecular complexity index is 465. The summed E-state index contributed by atoms with van der Waals surface area (Å²) in [5.74, 6) is -0.0551. The Morgan fingerprint density at radius 2 is 1.78 bits per heavy atom. The van der Waals surface area contributed by atoms with Crippen LogP contribution >= 0.6 is 45.2 Å². The number of Topliss-reactive ketones (excluding diaryl/α,β-unsaturated/α-hetero) is 1. The molecule has 0 fully saturated rings. The van der Waals surface area contributed by atoms with Crippen LogP contribution in [0.2, 0.25) is 0 Å². The van der Waals surface area contributed by atoms with Gasteiger partial charge in [0.2, 0.25) is 5.91 Å². The quantitative estimate of drug-likeness (QED) is 0.660. The van der Waals surface area contributed by atoms with Gasteiger partial charge < -0.3 is 10.4 Å². The summed E-state index contributed by atoms with van der Waals surface area (Å²) in [6.45, 7) is 2.84. The van der Waals surface area contributed by atoms with Crippen molar-refractivity contribution < 1.29 is 14.7 Å². The molecule has 0 saturated heterocycles. The van der Waals surface area contributed by atoms with Gasteiger partial charge in [-0.3, -0.25) is 9.59 Å². The van der Waals surface area contributed by atoms with Crippen molar-refractivity contribution in [2.24, 2.45) is 0 Å². The molecule has 0 bridgehead atoms. The van der Waals surface area contributed by atoms with E-state index < -0.39 is 6.04 Å². The van der Waals surface area contributed by atoms with E-state index in [1.54, 1.807) is 0 Å². The molecule has 1 aromatic rings. The third-order valence-electron chi connectivity index (χ3n) is 2.38. The molecule has 1 amide bonds. The summed E-state index contributed by atoms with van der Waals surface area (Å²) in [7, 11) is 0. The summed E-state index contributed by atoms with van der Waals surface area (Å²) < 4.78 is 1.47. The van der Waals surface area contributed by atoms with Crippen LogP contribution in [-0.4, -0.2) is 22.8 Å². The average molecular weight is 473 g/mol. The molecule has 0 saturated carbocycles. The predicted molar refractivity (Wildman–Crippen MR) is 85.5 cm³/mol. The maximum atomic E-state index is 11.5. The minimum Gasteiger partial charge on any atom is -0.506 e. The van der Waals surface area contributed by atoms with Gasteiger partial charge in [-0.2, -0.15) is 0 Å². The van der Waals surface area contributed by atoms with Crippen molar-refractivity contribution in [3.05, 3.63) is 24.8 Å². The van der Waals surface area contributed by atoms with Crippen LogP contribution in [0.15, 0.2) is 12.1 Å². The molecule has 6 heteroatoms. The number of hydrogen-bond acceptors (Lipinski definition) is 3. The van der Waals surface area contributed by atoms with Crippen LogP contribution in [0.25, 0.3) is 0 Å². The Kier molecular flexibility index (Phi) is 5.83. The lowest BCUT2D eigenvalue weighted by Gasteiger charge is -2.15. The first-order chi connectivity index (χ1) is 8.31. The molecule has 0 radical (unpaired) electrons. The molecule has 0 aromatic heterocycles. The molecule has 1 rings (SSSR count). The van der Waals surface area contributed by atoms with Crippen molar-refractivity contribution >= 4 is 56.9 Å². The summed E-state index contributed by atoms with van der Waals surface area (Å²) in [5.41, 5.74) is 0.913. The zero-order valence-corrected chi connectivity index (χ0v) is 14.3. The number of amides is 1. The lowest BCUT2D eigenvalue weighted by Crippen LogP contribution is -2.40. The molecule has 4 nitrogen and oxygen atoms in total. The number of hydrogen-bond donors (Lipinski definition) is 2. The van der Waals surface area contributed by atoms with E-state index in [1.807, 2.05) is 57.3 Å². The molecule has 0 aliphatic heterocycles. The minimum absolute atomic E-state index is 0.0803. The lowest BCUT2D eigenvalue weighted by molar-refractivity contribution is -0.125. The summed E-state index contributed by atoms with van der Waals surface area (Å²) in [6, 6.07) is 3.12. The molecule has 0 heterocycles. The highest BCUT2D eigenvalue weighted by molar-refractivity contribution is 14.1. The number of phenols is 1. The first-order valence-electron chi connectivity index (χ1n) is 5.25.